The molecule has 3 rings (SSSR count). The Morgan fingerprint density at radius 3 is 2.73 bits per heavy atom. The Kier molecular flexibility index (Phi) is 5.50. The van der Waals surface area contributed by atoms with E-state index in [0.29, 0.717) is 18.4 Å². The first-order chi connectivity index (χ1) is 12.7. The summed E-state index contributed by atoms with van der Waals surface area (Å²) >= 11 is 0. The molecule has 1 heterocycles. The molecule has 0 atom stereocenters. The molecule has 4 nitrogen and oxygen atoms in total. The first-order valence-electron chi connectivity index (χ1n) is 8.46. The summed E-state index contributed by atoms with van der Waals surface area (Å²) in [5.41, 5.74) is 4.52. The van der Waals surface area contributed by atoms with Gasteiger partial charge in [0, 0.05) is 5.56 Å². The average Bonchev–Trinajstić information content (AvgIpc) is 3.15. The van der Waals surface area contributed by atoms with Gasteiger partial charge in [-0.05, 0) is 49.1 Å². The van der Waals surface area contributed by atoms with Crippen molar-refractivity contribution in [2.75, 3.05) is 7.11 Å². The molecule has 2 aromatic carbocycles. The Balaban J connectivity index is 1.76. The zero-order valence-corrected chi connectivity index (χ0v) is 14.9. The number of methoxy groups -OCH3 is 1. The molecule has 0 aliphatic heterocycles. The molecular weight excluding hydrogens is 324 g/mol. The van der Waals surface area contributed by atoms with Crippen molar-refractivity contribution in [2.45, 2.75) is 19.8 Å². The molecule has 0 aliphatic carbocycles. The zero-order chi connectivity index (χ0) is 18.4. The Morgan fingerprint density at radius 1 is 1.23 bits per heavy atom. The molecule has 0 aliphatic rings. The van der Waals surface area contributed by atoms with Crippen LogP contribution in [0.3, 0.4) is 0 Å². The van der Waals surface area contributed by atoms with Crippen LogP contribution in [0.1, 0.15) is 23.2 Å². The van der Waals surface area contributed by atoms with Gasteiger partial charge in [-0.25, -0.2) is 4.98 Å². The van der Waals surface area contributed by atoms with Crippen molar-refractivity contribution in [1.82, 2.24) is 4.98 Å². The number of oxazole rings is 1. The number of nitriles is 1. The normalized spacial score (nSPS) is 11.2. The van der Waals surface area contributed by atoms with Crippen molar-refractivity contribution in [3.8, 4) is 23.1 Å². The Labute approximate surface area is 153 Å². The predicted molar refractivity (Wildman–Crippen MR) is 102 cm³/mol. The summed E-state index contributed by atoms with van der Waals surface area (Å²) in [4.78, 5) is 4.33. The third-order valence-corrected chi connectivity index (χ3v) is 4.25. The fourth-order valence-corrected chi connectivity index (χ4v) is 2.91. The van der Waals surface area contributed by atoms with Crippen LogP contribution in [0, 0.1) is 18.3 Å². The molecule has 130 valence electrons. The van der Waals surface area contributed by atoms with E-state index in [0.717, 1.165) is 33.9 Å². The average molecular weight is 344 g/mol. The van der Waals surface area contributed by atoms with E-state index < -0.39 is 0 Å². The van der Waals surface area contributed by atoms with Gasteiger partial charge < -0.3 is 9.15 Å². The van der Waals surface area contributed by atoms with Crippen molar-refractivity contribution in [2.24, 2.45) is 0 Å². The largest absolute Gasteiger partial charge is 0.497 e. The fourth-order valence-electron chi connectivity index (χ4n) is 2.91. The van der Waals surface area contributed by atoms with Crippen LogP contribution in [0.15, 0.2) is 65.4 Å². The minimum absolute atomic E-state index is 0.662. The number of aromatic nitrogens is 1. The second-order valence-electron chi connectivity index (χ2n) is 5.94. The van der Waals surface area contributed by atoms with Crippen LogP contribution in [0.2, 0.25) is 0 Å². The third kappa shape index (κ3) is 3.84. The number of rotatable bonds is 6. The minimum Gasteiger partial charge on any atom is -0.497 e. The van der Waals surface area contributed by atoms with Crippen molar-refractivity contribution < 1.29 is 9.15 Å². The van der Waals surface area contributed by atoms with Crippen LogP contribution in [-0.4, -0.2) is 12.1 Å². The lowest BCUT2D eigenvalue weighted by Gasteiger charge is -2.07. The highest BCUT2D eigenvalue weighted by atomic mass is 16.5. The molecule has 0 spiro atoms. The van der Waals surface area contributed by atoms with Crippen LogP contribution in [0.4, 0.5) is 0 Å². The van der Waals surface area contributed by atoms with Gasteiger partial charge in [-0.3, -0.25) is 0 Å². The summed E-state index contributed by atoms with van der Waals surface area (Å²) in [5.74, 6) is 1.58. The van der Waals surface area contributed by atoms with Gasteiger partial charge in [0.1, 0.15) is 5.75 Å². The maximum atomic E-state index is 9.54. The lowest BCUT2D eigenvalue weighted by molar-refractivity contribution is 0.414. The zero-order valence-electron chi connectivity index (χ0n) is 14.9. The molecule has 0 radical (unpaired) electrons. The number of ether oxygens (including phenoxy) is 1. The SMILES string of the molecule is COc1ccc(/C(C#N)=C/CCc2ncoc2-c2ccccc2)c(C)c1. The molecule has 0 saturated heterocycles. The molecule has 3 aromatic rings. The number of hydrogen-bond acceptors (Lipinski definition) is 4. The summed E-state index contributed by atoms with van der Waals surface area (Å²) in [6.07, 6.45) is 4.85. The molecule has 0 bridgehead atoms. The topological polar surface area (TPSA) is 59.0 Å². The van der Waals surface area contributed by atoms with Crippen molar-refractivity contribution in [3.05, 3.63) is 77.8 Å². The second-order valence-corrected chi connectivity index (χ2v) is 5.94. The highest BCUT2D eigenvalue weighted by Crippen LogP contribution is 2.26. The molecule has 0 fully saturated rings. The smallest absolute Gasteiger partial charge is 0.181 e. The Hall–Kier alpha value is -3.32. The summed E-state index contributed by atoms with van der Waals surface area (Å²) in [5, 5.41) is 9.54. The Bertz CT molecular complexity index is 950. The van der Waals surface area contributed by atoms with Gasteiger partial charge in [-0.2, -0.15) is 5.26 Å². The number of nitrogens with zero attached hydrogens (tertiary/aromatic N) is 2. The lowest BCUT2D eigenvalue weighted by Crippen LogP contribution is -1.92. The molecule has 1 aromatic heterocycles. The second kappa shape index (κ2) is 8.17. The standard InChI is InChI=1S/C22H20N2O2/c1-16-13-19(25-2)11-12-20(16)18(14-23)9-6-10-21-22(26-15-24-21)17-7-4-3-5-8-17/h3-5,7-9,11-13,15H,6,10H2,1-2H3/b18-9+. The first-order valence-corrected chi connectivity index (χ1v) is 8.46. The highest BCUT2D eigenvalue weighted by molar-refractivity contribution is 5.78. The first kappa shape index (κ1) is 17.5. The van der Waals surface area contributed by atoms with Gasteiger partial charge >= 0.3 is 0 Å². The van der Waals surface area contributed by atoms with E-state index in [1.165, 1.54) is 6.39 Å². The van der Waals surface area contributed by atoms with Crippen molar-refractivity contribution in [3.63, 3.8) is 0 Å². The summed E-state index contributed by atoms with van der Waals surface area (Å²) < 4.78 is 10.8. The van der Waals surface area contributed by atoms with Gasteiger partial charge in [-0.1, -0.05) is 36.4 Å². The van der Waals surface area contributed by atoms with Crippen molar-refractivity contribution in [1.29, 1.82) is 5.26 Å². The molecule has 0 amide bonds. The number of benzene rings is 2. The molecule has 0 saturated carbocycles. The van der Waals surface area contributed by atoms with Gasteiger partial charge in [0.05, 0.1) is 24.4 Å². The van der Waals surface area contributed by atoms with E-state index in [1.54, 1.807) is 7.11 Å². The van der Waals surface area contributed by atoms with E-state index in [1.807, 2.05) is 61.5 Å². The van der Waals surface area contributed by atoms with Crippen molar-refractivity contribution >= 4 is 5.57 Å². The highest BCUT2D eigenvalue weighted by Gasteiger charge is 2.10. The van der Waals surface area contributed by atoms with Crippen LogP contribution in [0.25, 0.3) is 16.9 Å². The van der Waals surface area contributed by atoms with Crippen LogP contribution < -0.4 is 4.74 Å². The Morgan fingerprint density at radius 2 is 2.04 bits per heavy atom. The van der Waals surface area contributed by atoms with Gasteiger partial charge in [0.25, 0.3) is 0 Å². The predicted octanol–water partition coefficient (Wildman–Crippen LogP) is 5.20. The van der Waals surface area contributed by atoms with E-state index in [4.69, 9.17) is 9.15 Å². The van der Waals surface area contributed by atoms with Gasteiger partial charge in [0.2, 0.25) is 0 Å². The fraction of sp³-hybridized carbons (Fsp3) is 0.182. The quantitative estimate of drug-likeness (QED) is 0.577. The maximum Gasteiger partial charge on any atom is 0.181 e. The van der Waals surface area contributed by atoms with Gasteiger partial charge in [0.15, 0.2) is 12.2 Å². The number of hydrogen-bond donors (Lipinski definition) is 0. The molecular formula is C22H20N2O2. The van der Waals surface area contributed by atoms with E-state index in [-0.39, 0.29) is 0 Å². The lowest BCUT2D eigenvalue weighted by atomic mass is 9.99. The summed E-state index contributed by atoms with van der Waals surface area (Å²) in [6, 6.07) is 18.0. The molecule has 4 heteroatoms. The minimum atomic E-state index is 0.662. The van der Waals surface area contributed by atoms with E-state index >= 15 is 0 Å². The maximum absolute atomic E-state index is 9.54. The van der Waals surface area contributed by atoms with E-state index in [9.17, 15) is 5.26 Å². The summed E-state index contributed by atoms with van der Waals surface area (Å²) in [7, 11) is 1.64. The number of aryl methyl sites for hydroxylation is 2. The van der Waals surface area contributed by atoms with Gasteiger partial charge in [-0.15, -0.1) is 0 Å². The van der Waals surface area contributed by atoms with E-state index in [2.05, 4.69) is 11.1 Å². The van der Waals surface area contributed by atoms with Crippen LogP contribution in [0.5, 0.6) is 5.75 Å². The van der Waals surface area contributed by atoms with Crippen LogP contribution >= 0.6 is 0 Å². The van der Waals surface area contributed by atoms with Crippen LogP contribution in [-0.2, 0) is 6.42 Å². The number of allylic oxidation sites excluding steroid dienone is 2. The monoisotopic (exact) mass is 344 g/mol. The molecule has 0 N–H and O–H groups in total. The molecule has 26 heavy (non-hydrogen) atoms. The molecule has 0 unspecified atom stereocenters. The summed E-state index contributed by atoms with van der Waals surface area (Å²) in [6.45, 7) is 1.98. The third-order valence-electron chi connectivity index (χ3n) is 4.25.